The second-order valence-electron chi connectivity index (χ2n) is 5.07. The van der Waals surface area contributed by atoms with E-state index in [4.69, 9.17) is 4.42 Å². The molecule has 1 unspecified atom stereocenters. The zero-order valence-corrected chi connectivity index (χ0v) is 11.5. The molecule has 20 heavy (non-hydrogen) atoms. The first-order valence-electron chi connectivity index (χ1n) is 6.95. The van der Waals surface area contributed by atoms with Crippen LogP contribution in [0.25, 0.3) is 10.9 Å². The normalized spacial score (nSPS) is 12.4. The summed E-state index contributed by atoms with van der Waals surface area (Å²) in [6, 6.07) is 14.7. The molecule has 0 amide bonds. The van der Waals surface area contributed by atoms with Gasteiger partial charge in [0.2, 0.25) is 0 Å². The summed E-state index contributed by atoms with van der Waals surface area (Å²) in [7, 11) is 0. The van der Waals surface area contributed by atoms with Gasteiger partial charge in [-0.25, -0.2) is 0 Å². The number of aromatic nitrogens is 1. The summed E-state index contributed by atoms with van der Waals surface area (Å²) in [6.45, 7) is 2.19. The third-order valence-electron chi connectivity index (χ3n) is 3.42. The van der Waals surface area contributed by atoms with Gasteiger partial charge in [-0.3, -0.25) is 4.98 Å². The summed E-state index contributed by atoms with van der Waals surface area (Å²) in [5, 5.41) is 4.69. The van der Waals surface area contributed by atoms with E-state index in [-0.39, 0.29) is 0 Å². The van der Waals surface area contributed by atoms with Crippen molar-refractivity contribution < 1.29 is 4.42 Å². The molecular formula is C17H18N2O. The van der Waals surface area contributed by atoms with Gasteiger partial charge in [-0.15, -0.1) is 0 Å². The molecule has 2 heterocycles. The van der Waals surface area contributed by atoms with Crippen LogP contribution < -0.4 is 5.32 Å². The molecule has 102 valence electrons. The summed E-state index contributed by atoms with van der Waals surface area (Å²) in [5.41, 5.74) is 2.17. The van der Waals surface area contributed by atoms with E-state index in [2.05, 4.69) is 41.5 Å². The van der Waals surface area contributed by atoms with Crippen molar-refractivity contribution in [2.45, 2.75) is 25.8 Å². The molecule has 0 aliphatic heterocycles. The number of fused-ring (bicyclic) bond motifs is 1. The Morgan fingerprint density at radius 1 is 1.20 bits per heavy atom. The number of benzene rings is 1. The minimum absolute atomic E-state index is 0.397. The minimum Gasteiger partial charge on any atom is -0.469 e. The van der Waals surface area contributed by atoms with Crippen LogP contribution in [-0.2, 0) is 6.42 Å². The van der Waals surface area contributed by atoms with Gasteiger partial charge in [-0.1, -0.05) is 6.07 Å². The zero-order valence-electron chi connectivity index (χ0n) is 11.5. The van der Waals surface area contributed by atoms with E-state index in [0.717, 1.165) is 35.2 Å². The van der Waals surface area contributed by atoms with Gasteiger partial charge in [0, 0.05) is 29.7 Å². The number of hydrogen-bond acceptors (Lipinski definition) is 3. The van der Waals surface area contributed by atoms with Gasteiger partial charge in [0.15, 0.2) is 0 Å². The first-order chi connectivity index (χ1) is 9.81. The Kier molecular flexibility index (Phi) is 3.68. The summed E-state index contributed by atoms with van der Waals surface area (Å²) in [5.74, 6) is 1.04. The van der Waals surface area contributed by atoms with E-state index in [1.54, 1.807) is 6.26 Å². The van der Waals surface area contributed by atoms with E-state index < -0.39 is 0 Å². The van der Waals surface area contributed by atoms with Crippen LogP contribution in [0.5, 0.6) is 0 Å². The molecule has 2 aromatic heterocycles. The first kappa shape index (κ1) is 12.7. The summed E-state index contributed by atoms with van der Waals surface area (Å²) in [6.07, 6.45) is 5.54. The molecule has 0 fully saturated rings. The van der Waals surface area contributed by atoms with Crippen molar-refractivity contribution >= 4 is 16.6 Å². The van der Waals surface area contributed by atoms with Crippen LogP contribution in [0.15, 0.2) is 59.3 Å². The highest BCUT2D eigenvalue weighted by Crippen LogP contribution is 2.18. The maximum Gasteiger partial charge on any atom is 0.103 e. The lowest BCUT2D eigenvalue weighted by Crippen LogP contribution is -2.15. The minimum atomic E-state index is 0.397. The Bertz CT molecular complexity index is 676. The smallest absolute Gasteiger partial charge is 0.103 e. The second kappa shape index (κ2) is 5.78. The average molecular weight is 266 g/mol. The number of aryl methyl sites for hydroxylation is 1. The standard InChI is InChI=1S/C17H18N2O/c1-13(6-8-16-5-3-11-20-16)19-15-7-9-17-14(12-15)4-2-10-18-17/h2-5,7,9-13,19H,6,8H2,1H3. The highest BCUT2D eigenvalue weighted by molar-refractivity contribution is 5.82. The van der Waals surface area contributed by atoms with Gasteiger partial charge in [0.05, 0.1) is 11.8 Å². The molecule has 0 radical (unpaired) electrons. The van der Waals surface area contributed by atoms with E-state index in [1.165, 1.54) is 0 Å². The number of nitrogens with one attached hydrogen (secondary N) is 1. The first-order valence-corrected chi connectivity index (χ1v) is 6.95. The van der Waals surface area contributed by atoms with Crippen molar-refractivity contribution in [3.63, 3.8) is 0 Å². The van der Waals surface area contributed by atoms with Crippen molar-refractivity contribution in [3.8, 4) is 0 Å². The number of nitrogens with zero attached hydrogens (tertiary/aromatic N) is 1. The fourth-order valence-electron chi connectivity index (χ4n) is 2.34. The Morgan fingerprint density at radius 3 is 3.00 bits per heavy atom. The number of anilines is 1. The number of hydrogen-bond donors (Lipinski definition) is 1. The van der Waals surface area contributed by atoms with Crippen molar-refractivity contribution in [2.75, 3.05) is 5.32 Å². The molecule has 0 spiro atoms. The lowest BCUT2D eigenvalue weighted by molar-refractivity contribution is 0.495. The molecule has 0 saturated carbocycles. The maximum absolute atomic E-state index is 5.36. The second-order valence-corrected chi connectivity index (χ2v) is 5.07. The molecule has 3 nitrogen and oxygen atoms in total. The number of pyridine rings is 1. The molecule has 1 aromatic carbocycles. The number of rotatable bonds is 5. The van der Waals surface area contributed by atoms with Crippen LogP contribution in [0.2, 0.25) is 0 Å². The monoisotopic (exact) mass is 266 g/mol. The lowest BCUT2D eigenvalue weighted by atomic mass is 10.1. The van der Waals surface area contributed by atoms with E-state index in [0.29, 0.717) is 6.04 Å². The highest BCUT2D eigenvalue weighted by atomic mass is 16.3. The van der Waals surface area contributed by atoms with Gasteiger partial charge < -0.3 is 9.73 Å². The highest BCUT2D eigenvalue weighted by Gasteiger charge is 2.05. The topological polar surface area (TPSA) is 38.1 Å². The summed E-state index contributed by atoms with van der Waals surface area (Å²) >= 11 is 0. The van der Waals surface area contributed by atoms with Gasteiger partial charge in [0.1, 0.15) is 5.76 Å². The van der Waals surface area contributed by atoms with Gasteiger partial charge >= 0.3 is 0 Å². The lowest BCUT2D eigenvalue weighted by Gasteiger charge is -2.15. The van der Waals surface area contributed by atoms with E-state index >= 15 is 0 Å². The fourth-order valence-corrected chi connectivity index (χ4v) is 2.34. The van der Waals surface area contributed by atoms with Crippen molar-refractivity contribution in [3.05, 3.63) is 60.7 Å². The summed E-state index contributed by atoms with van der Waals surface area (Å²) < 4.78 is 5.36. The van der Waals surface area contributed by atoms with Gasteiger partial charge in [0.25, 0.3) is 0 Å². The Morgan fingerprint density at radius 2 is 2.15 bits per heavy atom. The van der Waals surface area contributed by atoms with Crippen LogP contribution in [0.1, 0.15) is 19.1 Å². The molecule has 0 aliphatic rings. The molecule has 0 saturated heterocycles. The predicted molar refractivity (Wildman–Crippen MR) is 81.9 cm³/mol. The van der Waals surface area contributed by atoms with Crippen LogP contribution in [0, 0.1) is 0 Å². The van der Waals surface area contributed by atoms with Crippen LogP contribution >= 0.6 is 0 Å². The van der Waals surface area contributed by atoms with E-state index in [1.807, 2.05) is 24.4 Å². The molecule has 3 heteroatoms. The van der Waals surface area contributed by atoms with Crippen LogP contribution in [0.4, 0.5) is 5.69 Å². The fraction of sp³-hybridized carbons (Fsp3) is 0.235. The molecule has 1 atom stereocenters. The molecule has 0 bridgehead atoms. The van der Waals surface area contributed by atoms with Crippen LogP contribution in [0.3, 0.4) is 0 Å². The predicted octanol–water partition coefficient (Wildman–Crippen LogP) is 4.26. The zero-order chi connectivity index (χ0) is 13.8. The number of furan rings is 1. The Labute approximate surface area is 118 Å². The van der Waals surface area contributed by atoms with Gasteiger partial charge in [-0.2, -0.15) is 0 Å². The van der Waals surface area contributed by atoms with E-state index in [9.17, 15) is 0 Å². The Hall–Kier alpha value is -2.29. The largest absolute Gasteiger partial charge is 0.469 e. The maximum atomic E-state index is 5.36. The van der Waals surface area contributed by atoms with Gasteiger partial charge in [-0.05, 0) is 49.7 Å². The third-order valence-corrected chi connectivity index (χ3v) is 3.42. The van der Waals surface area contributed by atoms with Crippen molar-refractivity contribution in [1.29, 1.82) is 0 Å². The molecule has 3 rings (SSSR count). The molecule has 3 aromatic rings. The SMILES string of the molecule is CC(CCc1ccco1)Nc1ccc2ncccc2c1. The Balaban J connectivity index is 1.63. The van der Waals surface area contributed by atoms with Crippen LogP contribution in [-0.4, -0.2) is 11.0 Å². The molecule has 1 N–H and O–H groups in total. The quantitative estimate of drug-likeness (QED) is 0.749. The summed E-state index contributed by atoms with van der Waals surface area (Å²) in [4.78, 5) is 4.33. The molecular weight excluding hydrogens is 248 g/mol. The van der Waals surface area contributed by atoms with Crippen molar-refractivity contribution in [2.24, 2.45) is 0 Å². The van der Waals surface area contributed by atoms with Crippen molar-refractivity contribution in [1.82, 2.24) is 4.98 Å². The third kappa shape index (κ3) is 2.99. The average Bonchev–Trinajstić information content (AvgIpc) is 2.98. The molecule has 0 aliphatic carbocycles.